The molecule has 1 aromatic rings. The van der Waals surface area contributed by atoms with Crippen LogP contribution < -0.4 is 5.73 Å². The van der Waals surface area contributed by atoms with Crippen LogP contribution in [0.4, 0.5) is 5.69 Å². The zero-order valence-corrected chi connectivity index (χ0v) is 12.9. The monoisotopic (exact) mass is 342 g/mol. The zero-order valence-electron chi connectivity index (χ0n) is 9.80. The van der Waals surface area contributed by atoms with Crippen molar-refractivity contribution in [3.63, 3.8) is 0 Å². The van der Waals surface area contributed by atoms with E-state index in [0.717, 1.165) is 0 Å². The average Bonchev–Trinajstić information content (AvgIpc) is 2.27. The number of hydrogen-bond acceptors (Lipinski definition) is 4. The lowest BCUT2D eigenvalue weighted by Gasteiger charge is -2.26. The van der Waals surface area contributed by atoms with Gasteiger partial charge in [-0.1, -0.05) is 23.2 Å². The lowest BCUT2D eigenvalue weighted by molar-refractivity contribution is 0.439. The first-order valence-corrected chi connectivity index (χ1v) is 9.10. The Kier molecular flexibility index (Phi) is 4.42. The average molecular weight is 343 g/mol. The second-order valence-electron chi connectivity index (χ2n) is 4.06. The number of nitrogen functional groups attached to an aromatic ring is 1. The molecule has 2 N–H and O–H groups in total. The van der Waals surface area contributed by atoms with Gasteiger partial charge in [0.2, 0.25) is 10.0 Å². The third-order valence-electron chi connectivity index (χ3n) is 2.77. The molecule has 0 amide bonds. The fraction of sp³-hybridized carbons (Fsp3) is 0.400. The van der Waals surface area contributed by atoms with E-state index in [4.69, 9.17) is 28.9 Å². The summed E-state index contributed by atoms with van der Waals surface area (Å²) in [6.07, 6.45) is 0. The van der Waals surface area contributed by atoms with Gasteiger partial charge in [-0.3, -0.25) is 4.21 Å². The van der Waals surface area contributed by atoms with E-state index >= 15 is 0 Å². The van der Waals surface area contributed by atoms with Crippen LogP contribution in [0.5, 0.6) is 0 Å². The van der Waals surface area contributed by atoms with Crippen LogP contribution in [0.15, 0.2) is 17.0 Å². The summed E-state index contributed by atoms with van der Waals surface area (Å²) in [6.45, 7) is 0.403. The molecule has 19 heavy (non-hydrogen) atoms. The van der Waals surface area contributed by atoms with Crippen molar-refractivity contribution in [1.29, 1.82) is 0 Å². The maximum absolute atomic E-state index is 12.5. The van der Waals surface area contributed by atoms with Crippen molar-refractivity contribution in [2.45, 2.75) is 4.90 Å². The fourth-order valence-corrected chi connectivity index (χ4v) is 5.51. The molecule has 0 saturated carbocycles. The molecule has 0 radical (unpaired) electrons. The molecular weight excluding hydrogens is 331 g/mol. The van der Waals surface area contributed by atoms with E-state index in [1.54, 1.807) is 0 Å². The van der Waals surface area contributed by atoms with Gasteiger partial charge in [0.25, 0.3) is 0 Å². The summed E-state index contributed by atoms with van der Waals surface area (Å²) in [5, 5.41) is 0.276. The van der Waals surface area contributed by atoms with Gasteiger partial charge >= 0.3 is 0 Å². The first-order valence-electron chi connectivity index (χ1n) is 5.42. The largest absolute Gasteiger partial charge is 0.398 e. The minimum absolute atomic E-state index is 0.00306. The van der Waals surface area contributed by atoms with Gasteiger partial charge in [0.1, 0.15) is 4.90 Å². The maximum Gasteiger partial charge on any atom is 0.246 e. The Morgan fingerprint density at radius 2 is 1.79 bits per heavy atom. The van der Waals surface area contributed by atoms with Crippen LogP contribution in [-0.2, 0) is 20.8 Å². The van der Waals surface area contributed by atoms with Gasteiger partial charge in [-0.25, -0.2) is 8.42 Å². The van der Waals surface area contributed by atoms with Gasteiger partial charge in [0, 0.05) is 40.4 Å². The summed E-state index contributed by atoms with van der Waals surface area (Å²) in [5.41, 5.74) is 5.73. The number of rotatable bonds is 2. The summed E-state index contributed by atoms with van der Waals surface area (Å²) in [4.78, 5) is -0.133. The number of nitrogens with two attached hydrogens (primary N) is 1. The minimum Gasteiger partial charge on any atom is -0.398 e. The number of hydrogen-bond donors (Lipinski definition) is 1. The van der Waals surface area contributed by atoms with Gasteiger partial charge < -0.3 is 5.73 Å². The molecule has 1 fully saturated rings. The van der Waals surface area contributed by atoms with Gasteiger partial charge in [-0.15, -0.1) is 0 Å². The van der Waals surface area contributed by atoms with Gasteiger partial charge in [0.05, 0.1) is 10.7 Å². The Hall–Kier alpha value is -0.340. The highest BCUT2D eigenvalue weighted by atomic mass is 35.5. The van der Waals surface area contributed by atoms with Gasteiger partial charge in [0.15, 0.2) is 0 Å². The predicted octanol–water partition coefficient (Wildman–Crippen LogP) is 1.33. The Morgan fingerprint density at radius 1 is 1.21 bits per heavy atom. The van der Waals surface area contributed by atoms with E-state index in [9.17, 15) is 12.6 Å². The zero-order chi connectivity index (χ0) is 14.2. The SMILES string of the molecule is Nc1cc(Cl)cc(Cl)c1S(=O)(=O)N1CCS(=O)CC1. The van der Waals surface area contributed by atoms with Crippen molar-refractivity contribution in [3.05, 3.63) is 22.2 Å². The van der Waals surface area contributed by atoms with E-state index in [0.29, 0.717) is 11.5 Å². The van der Waals surface area contributed by atoms with Crippen molar-refractivity contribution in [2.24, 2.45) is 0 Å². The highest BCUT2D eigenvalue weighted by molar-refractivity contribution is 7.89. The second-order valence-corrected chi connectivity index (χ2v) is 8.47. The molecule has 0 aliphatic carbocycles. The molecule has 0 unspecified atom stereocenters. The van der Waals surface area contributed by atoms with E-state index in [-0.39, 0.29) is 33.7 Å². The molecule has 1 saturated heterocycles. The minimum atomic E-state index is -3.78. The molecule has 5 nitrogen and oxygen atoms in total. The highest BCUT2D eigenvalue weighted by Gasteiger charge is 2.31. The van der Waals surface area contributed by atoms with Crippen molar-refractivity contribution >= 4 is 49.7 Å². The molecule has 0 aromatic heterocycles. The van der Waals surface area contributed by atoms with Crippen LogP contribution in [0, 0.1) is 0 Å². The molecule has 0 bridgehead atoms. The smallest absolute Gasteiger partial charge is 0.246 e. The third-order valence-corrected chi connectivity index (χ3v) is 6.69. The molecule has 9 heteroatoms. The molecule has 2 rings (SSSR count). The van der Waals surface area contributed by atoms with Crippen molar-refractivity contribution < 1.29 is 12.6 Å². The van der Waals surface area contributed by atoms with Crippen molar-refractivity contribution in [1.82, 2.24) is 4.31 Å². The molecule has 0 spiro atoms. The third kappa shape index (κ3) is 3.05. The van der Waals surface area contributed by atoms with Crippen LogP contribution in [-0.4, -0.2) is 41.5 Å². The van der Waals surface area contributed by atoms with E-state index < -0.39 is 20.8 Å². The Bertz CT molecular complexity index is 601. The number of anilines is 1. The lowest BCUT2D eigenvalue weighted by atomic mass is 10.3. The summed E-state index contributed by atoms with van der Waals surface area (Å²) < 4.78 is 37.5. The first kappa shape index (κ1) is 15.1. The number of sulfonamides is 1. The summed E-state index contributed by atoms with van der Waals surface area (Å²) >= 11 is 11.7. The summed E-state index contributed by atoms with van der Waals surface area (Å²) in [5.74, 6) is 0.648. The maximum atomic E-state index is 12.5. The Balaban J connectivity index is 2.43. The molecule has 0 atom stereocenters. The van der Waals surface area contributed by atoms with Crippen molar-refractivity contribution in [3.8, 4) is 0 Å². The van der Waals surface area contributed by atoms with E-state index in [1.807, 2.05) is 0 Å². The quantitative estimate of drug-likeness (QED) is 0.822. The van der Waals surface area contributed by atoms with Crippen LogP contribution in [0.25, 0.3) is 0 Å². The van der Waals surface area contributed by atoms with Crippen LogP contribution >= 0.6 is 23.2 Å². The lowest BCUT2D eigenvalue weighted by Crippen LogP contribution is -2.42. The molecule has 1 heterocycles. The second kappa shape index (κ2) is 5.57. The van der Waals surface area contributed by atoms with Gasteiger partial charge in [-0.2, -0.15) is 4.31 Å². The fourth-order valence-electron chi connectivity index (χ4n) is 1.84. The molecular formula is C10H12Cl2N2O3S2. The molecule has 106 valence electrons. The Labute approximate surface area is 124 Å². The molecule has 1 aliphatic rings. The van der Waals surface area contributed by atoms with E-state index in [2.05, 4.69) is 0 Å². The molecule has 1 aliphatic heterocycles. The number of halogens is 2. The Morgan fingerprint density at radius 3 is 2.32 bits per heavy atom. The van der Waals surface area contributed by atoms with Crippen LogP contribution in [0.2, 0.25) is 10.0 Å². The summed E-state index contributed by atoms with van der Waals surface area (Å²) in [7, 11) is -4.74. The number of benzene rings is 1. The normalized spacial score (nSPS) is 18.6. The topological polar surface area (TPSA) is 80.5 Å². The van der Waals surface area contributed by atoms with Crippen molar-refractivity contribution in [2.75, 3.05) is 30.3 Å². The molecule has 1 aromatic carbocycles. The standard InChI is InChI=1S/C10H12Cl2N2O3S2/c11-7-5-8(12)10(9(13)6-7)19(16,17)14-1-3-18(15)4-2-14/h5-6H,1-4,13H2. The van der Waals surface area contributed by atoms with Crippen LogP contribution in [0.1, 0.15) is 0 Å². The van der Waals surface area contributed by atoms with E-state index in [1.165, 1.54) is 16.4 Å². The van der Waals surface area contributed by atoms with Gasteiger partial charge in [-0.05, 0) is 12.1 Å². The number of nitrogens with zero attached hydrogens (tertiary/aromatic N) is 1. The van der Waals surface area contributed by atoms with Crippen LogP contribution in [0.3, 0.4) is 0 Å². The highest BCUT2D eigenvalue weighted by Crippen LogP contribution is 2.33. The summed E-state index contributed by atoms with van der Waals surface area (Å²) in [6, 6.07) is 2.69. The first-order chi connectivity index (χ1) is 8.82. The predicted molar refractivity (Wildman–Crippen MR) is 77.5 cm³/mol.